The molecule has 1 heterocycles. The SMILES string of the molecule is CCC(CC)N(CCOC)S(=O)(=O)c1csc(CN)c1. The zero-order valence-corrected chi connectivity index (χ0v) is 14.0. The summed E-state index contributed by atoms with van der Waals surface area (Å²) in [5, 5.41) is 1.67. The standard InChI is InChI=1S/C13H24N2O3S2/c1-4-11(5-2)15(6-7-18-3)20(16,17)13-8-12(9-14)19-10-13/h8,10-11H,4-7,9,14H2,1-3H3. The first-order chi connectivity index (χ1) is 9.51. The van der Waals surface area contributed by atoms with Crippen molar-refractivity contribution in [2.75, 3.05) is 20.3 Å². The molecule has 0 saturated carbocycles. The number of sulfonamides is 1. The summed E-state index contributed by atoms with van der Waals surface area (Å²) >= 11 is 1.38. The van der Waals surface area contributed by atoms with Gasteiger partial charge in [0.05, 0.1) is 11.5 Å². The Labute approximate surface area is 125 Å². The number of methoxy groups -OCH3 is 1. The van der Waals surface area contributed by atoms with Gasteiger partial charge in [-0.3, -0.25) is 0 Å². The second-order valence-electron chi connectivity index (χ2n) is 4.53. The van der Waals surface area contributed by atoms with Crippen molar-refractivity contribution in [3.8, 4) is 0 Å². The number of hydrogen-bond donors (Lipinski definition) is 1. The largest absolute Gasteiger partial charge is 0.383 e. The molecule has 0 radical (unpaired) electrons. The Hall–Kier alpha value is -0.470. The highest BCUT2D eigenvalue weighted by Crippen LogP contribution is 2.25. The number of thiophene rings is 1. The average Bonchev–Trinajstić information content (AvgIpc) is 2.93. The molecule has 0 atom stereocenters. The summed E-state index contributed by atoms with van der Waals surface area (Å²) in [6.07, 6.45) is 1.57. The lowest BCUT2D eigenvalue weighted by molar-refractivity contribution is 0.163. The lowest BCUT2D eigenvalue weighted by Gasteiger charge is -2.29. The molecule has 1 rings (SSSR count). The normalized spacial score (nSPS) is 12.5. The Morgan fingerprint density at radius 2 is 2.05 bits per heavy atom. The van der Waals surface area contributed by atoms with Crippen LogP contribution in [0.3, 0.4) is 0 Å². The van der Waals surface area contributed by atoms with Gasteiger partial charge < -0.3 is 10.5 Å². The molecule has 0 unspecified atom stereocenters. The van der Waals surface area contributed by atoms with Gasteiger partial charge in [0.25, 0.3) is 0 Å². The molecule has 20 heavy (non-hydrogen) atoms. The summed E-state index contributed by atoms with van der Waals surface area (Å²) in [5.41, 5.74) is 5.56. The predicted molar refractivity (Wildman–Crippen MR) is 82.3 cm³/mol. The maximum absolute atomic E-state index is 12.8. The van der Waals surface area contributed by atoms with E-state index in [0.717, 1.165) is 17.7 Å². The Kier molecular flexibility index (Phi) is 7.11. The maximum Gasteiger partial charge on any atom is 0.244 e. The fourth-order valence-corrected chi connectivity index (χ4v) is 5.01. The fourth-order valence-electron chi connectivity index (χ4n) is 2.11. The molecular formula is C13H24N2O3S2. The average molecular weight is 320 g/mol. The van der Waals surface area contributed by atoms with Crippen molar-refractivity contribution in [3.05, 3.63) is 16.3 Å². The number of rotatable bonds is 9. The van der Waals surface area contributed by atoms with Crippen LogP contribution in [-0.2, 0) is 21.3 Å². The van der Waals surface area contributed by atoms with Gasteiger partial charge in [-0.2, -0.15) is 4.31 Å². The van der Waals surface area contributed by atoms with Gasteiger partial charge in [0.1, 0.15) is 0 Å². The van der Waals surface area contributed by atoms with Gasteiger partial charge in [0.2, 0.25) is 10.0 Å². The monoisotopic (exact) mass is 320 g/mol. The van der Waals surface area contributed by atoms with E-state index in [2.05, 4.69) is 0 Å². The lowest BCUT2D eigenvalue weighted by Crippen LogP contribution is -2.41. The van der Waals surface area contributed by atoms with E-state index in [1.165, 1.54) is 11.3 Å². The van der Waals surface area contributed by atoms with Gasteiger partial charge in [-0.1, -0.05) is 13.8 Å². The summed E-state index contributed by atoms with van der Waals surface area (Å²) in [6, 6.07) is 1.67. The van der Waals surface area contributed by atoms with E-state index >= 15 is 0 Å². The van der Waals surface area contributed by atoms with Crippen LogP contribution >= 0.6 is 11.3 Å². The third-order valence-electron chi connectivity index (χ3n) is 3.30. The zero-order valence-electron chi connectivity index (χ0n) is 12.3. The number of nitrogens with two attached hydrogens (primary N) is 1. The lowest BCUT2D eigenvalue weighted by atomic mass is 10.2. The van der Waals surface area contributed by atoms with Crippen molar-refractivity contribution in [2.45, 2.75) is 44.2 Å². The summed E-state index contributed by atoms with van der Waals surface area (Å²) in [7, 11) is -1.90. The fraction of sp³-hybridized carbons (Fsp3) is 0.692. The van der Waals surface area contributed by atoms with Crippen LogP contribution in [-0.4, -0.2) is 39.0 Å². The molecule has 116 valence electrons. The third-order valence-corrected chi connectivity index (χ3v) is 6.34. The molecule has 0 bridgehead atoms. The molecule has 7 heteroatoms. The van der Waals surface area contributed by atoms with Crippen molar-refractivity contribution in [1.29, 1.82) is 0 Å². The smallest absolute Gasteiger partial charge is 0.244 e. The number of hydrogen-bond acceptors (Lipinski definition) is 5. The summed E-state index contributed by atoms with van der Waals surface area (Å²) in [6.45, 7) is 5.14. The third kappa shape index (κ3) is 4.02. The molecule has 0 spiro atoms. The zero-order chi connectivity index (χ0) is 15.2. The molecule has 0 aliphatic carbocycles. The van der Waals surface area contributed by atoms with Crippen LogP contribution in [0.2, 0.25) is 0 Å². The molecule has 0 aliphatic rings. The van der Waals surface area contributed by atoms with Crippen molar-refractivity contribution in [1.82, 2.24) is 4.31 Å². The molecular weight excluding hydrogens is 296 g/mol. The Bertz CT molecular complexity index is 495. The van der Waals surface area contributed by atoms with Gasteiger partial charge in [0.15, 0.2) is 0 Å². The molecule has 0 amide bonds. The van der Waals surface area contributed by atoms with E-state index in [1.807, 2.05) is 13.8 Å². The van der Waals surface area contributed by atoms with Crippen LogP contribution in [0.25, 0.3) is 0 Å². The number of ether oxygens (including phenoxy) is 1. The Morgan fingerprint density at radius 3 is 2.50 bits per heavy atom. The van der Waals surface area contributed by atoms with E-state index in [-0.39, 0.29) is 6.04 Å². The van der Waals surface area contributed by atoms with E-state index in [9.17, 15) is 8.42 Å². The van der Waals surface area contributed by atoms with E-state index in [0.29, 0.717) is 24.6 Å². The first-order valence-corrected chi connectivity index (χ1v) is 9.11. The van der Waals surface area contributed by atoms with Crippen molar-refractivity contribution >= 4 is 21.4 Å². The van der Waals surface area contributed by atoms with Gasteiger partial charge in [-0.25, -0.2) is 8.42 Å². The molecule has 5 nitrogen and oxygen atoms in total. The molecule has 0 aliphatic heterocycles. The van der Waals surface area contributed by atoms with Gasteiger partial charge in [0, 0.05) is 36.5 Å². The molecule has 0 aromatic carbocycles. The van der Waals surface area contributed by atoms with Crippen molar-refractivity contribution in [2.24, 2.45) is 5.73 Å². The maximum atomic E-state index is 12.8. The highest BCUT2D eigenvalue weighted by Gasteiger charge is 2.30. The van der Waals surface area contributed by atoms with Crippen LogP contribution in [0.1, 0.15) is 31.6 Å². The van der Waals surface area contributed by atoms with Gasteiger partial charge >= 0.3 is 0 Å². The van der Waals surface area contributed by atoms with Crippen molar-refractivity contribution < 1.29 is 13.2 Å². The van der Waals surface area contributed by atoms with Crippen molar-refractivity contribution in [3.63, 3.8) is 0 Å². The first-order valence-electron chi connectivity index (χ1n) is 6.79. The van der Waals surface area contributed by atoms with Gasteiger partial charge in [-0.05, 0) is 18.9 Å². The molecule has 1 aromatic heterocycles. The van der Waals surface area contributed by atoms with Crippen LogP contribution in [0.4, 0.5) is 0 Å². The topological polar surface area (TPSA) is 72.6 Å². The minimum atomic E-state index is -3.48. The second kappa shape index (κ2) is 8.09. The minimum Gasteiger partial charge on any atom is -0.383 e. The van der Waals surface area contributed by atoms with Crippen LogP contribution in [0.5, 0.6) is 0 Å². The molecule has 0 saturated heterocycles. The summed E-state index contributed by atoms with van der Waals surface area (Å²) in [5.74, 6) is 0. The van der Waals surface area contributed by atoms with Crippen LogP contribution in [0, 0.1) is 0 Å². The van der Waals surface area contributed by atoms with Gasteiger partial charge in [-0.15, -0.1) is 11.3 Å². The van der Waals surface area contributed by atoms with E-state index < -0.39 is 10.0 Å². The first kappa shape index (κ1) is 17.6. The van der Waals surface area contributed by atoms with Crippen LogP contribution in [0.15, 0.2) is 16.3 Å². The summed E-state index contributed by atoms with van der Waals surface area (Å²) in [4.78, 5) is 1.21. The molecule has 2 N–H and O–H groups in total. The number of nitrogens with zero attached hydrogens (tertiary/aromatic N) is 1. The summed E-state index contributed by atoms with van der Waals surface area (Å²) < 4.78 is 32.1. The predicted octanol–water partition coefficient (Wildman–Crippen LogP) is 2.03. The molecule has 0 fully saturated rings. The molecule has 1 aromatic rings. The Balaban J connectivity index is 3.08. The highest BCUT2D eigenvalue weighted by molar-refractivity contribution is 7.89. The van der Waals surface area contributed by atoms with Crippen LogP contribution < -0.4 is 5.73 Å². The highest BCUT2D eigenvalue weighted by atomic mass is 32.2. The quantitative estimate of drug-likeness (QED) is 0.755. The second-order valence-corrected chi connectivity index (χ2v) is 7.42. The minimum absolute atomic E-state index is 0.00336. The van der Waals surface area contributed by atoms with E-state index in [4.69, 9.17) is 10.5 Å². The van der Waals surface area contributed by atoms with E-state index in [1.54, 1.807) is 22.9 Å². The Morgan fingerprint density at radius 1 is 1.40 bits per heavy atom.